The van der Waals surface area contributed by atoms with Crippen LogP contribution in [-0.4, -0.2) is 59.5 Å². The minimum absolute atomic E-state index is 0.0645. The van der Waals surface area contributed by atoms with E-state index in [2.05, 4.69) is 0 Å². The predicted octanol–water partition coefficient (Wildman–Crippen LogP) is 0.589. The molecule has 8 heteroatoms. The van der Waals surface area contributed by atoms with Crippen molar-refractivity contribution < 1.29 is 24.0 Å². The van der Waals surface area contributed by atoms with Crippen LogP contribution >= 0.6 is 0 Å². The maximum Gasteiger partial charge on any atom is 0.334 e. The molecule has 2 aliphatic rings. The van der Waals surface area contributed by atoms with Gasteiger partial charge in [-0.15, -0.1) is 0 Å². The number of benzene rings is 1. The molecule has 0 atom stereocenters. The van der Waals surface area contributed by atoms with Crippen LogP contribution in [0.5, 0.6) is 0 Å². The van der Waals surface area contributed by atoms with Crippen molar-refractivity contribution >= 4 is 35.2 Å². The van der Waals surface area contributed by atoms with E-state index in [1.54, 1.807) is 32.2 Å². The Hall–Kier alpha value is -3.03. The number of urea groups is 1. The number of imide groups is 2. The number of likely N-dealkylation sites (N-methyl/N-ethyl adjacent to an activating group) is 1. The van der Waals surface area contributed by atoms with Gasteiger partial charge in [-0.05, 0) is 30.2 Å². The Morgan fingerprint density at radius 2 is 1.76 bits per heavy atom. The summed E-state index contributed by atoms with van der Waals surface area (Å²) < 4.78 is 0. The van der Waals surface area contributed by atoms with Gasteiger partial charge in [0.1, 0.15) is 0 Å². The van der Waals surface area contributed by atoms with Crippen LogP contribution in [0.4, 0.5) is 10.5 Å². The molecule has 0 aromatic heterocycles. The van der Waals surface area contributed by atoms with Gasteiger partial charge >= 0.3 is 17.8 Å². The fourth-order valence-electron chi connectivity index (χ4n) is 2.99. The van der Waals surface area contributed by atoms with Gasteiger partial charge in [0, 0.05) is 24.8 Å². The lowest BCUT2D eigenvalue weighted by Gasteiger charge is -2.14. The number of rotatable bonds is 5. The van der Waals surface area contributed by atoms with E-state index < -0.39 is 30.2 Å². The van der Waals surface area contributed by atoms with Crippen LogP contribution in [0, 0.1) is 0 Å². The lowest BCUT2D eigenvalue weighted by atomic mass is 10.0. The van der Waals surface area contributed by atoms with Gasteiger partial charge in [0.05, 0.1) is 13.0 Å². The number of anilines is 1. The average molecular weight is 343 g/mol. The molecule has 0 radical (unpaired) electrons. The van der Waals surface area contributed by atoms with Crippen LogP contribution in [-0.2, 0) is 20.8 Å². The van der Waals surface area contributed by atoms with Crippen molar-refractivity contribution in [2.45, 2.75) is 19.8 Å². The van der Waals surface area contributed by atoms with Gasteiger partial charge in [0.2, 0.25) is 5.91 Å². The Bertz CT molecular complexity index is 817. The summed E-state index contributed by atoms with van der Waals surface area (Å²) in [6, 6.07) is 4.04. The molecule has 1 saturated heterocycles. The molecule has 25 heavy (non-hydrogen) atoms. The molecule has 0 N–H and O–H groups in total. The third kappa shape index (κ3) is 2.69. The molecule has 5 amide bonds. The van der Waals surface area contributed by atoms with E-state index in [0.717, 1.165) is 16.2 Å². The molecule has 0 aliphatic carbocycles. The Labute approximate surface area is 144 Å². The first-order chi connectivity index (χ1) is 11.8. The van der Waals surface area contributed by atoms with E-state index in [1.165, 1.54) is 4.90 Å². The third-order valence-electron chi connectivity index (χ3n) is 4.36. The normalized spacial score (nSPS) is 17.0. The van der Waals surface area contributed by atoms with Gasteiger partial charge in [-0.3, -0.25) is 24.1 Å². The van der Waals surface area contributed by atoms with Crippen LogP contribution in [0.3, 0.4) is 0 Å². The van der Waals surface area contributed by atoms with Gasteiger partial charge in [-0.2, -0.15) is 0 Å². The van der Waals surface area contributed by atoms with Crippen molar-refractivity contribution in [1.29, 1.82) is 0 Å². The van der Waals surface area contributed by atoms with E-state index in [9.17, 15) is 24.0 Å². The van der Waals surface area contributed by atoms with Crippen molar-refractivity contribution in [3.05, 3.63) is 29.3 Å². The molecule has 2 heterocycles. The summed E-state index contributed by atoms with van der Waals surface area (Å²) in [5.41, 5.74) is 1.75. The highest BCUT2D eigenvalue weighted by Gasteiger charge is 2.44. The van der Waals surface area contributed by atoms with Gasteiger partial charge < -0.3 is 4.90 Å². The molecule has 2 aliphatic heterocycles. The SMILES string of the molecule is CCCN1C(=O)C(=O)N(CC(=O)c2ccc3c(c2)CC(=O)N3C)C1=O. The van der Waals surface area contributed by atoms with Gasteiger partial charge in [0.15, 0.2) is 5.78 Å². The van der Waals surface area contributed by atoms with E-state index in [0.29, 0.717) is 16.9 Å². The zero-order valence-electron chi connectivity index (χ0n) is 13.9. The summed E-state index contributed by atoms with van der Waals surface area (Å²) in [6.07, 6.45) is 0.732. The second-order valence-electron chi connectivity index (χ2n) is 6.03. The molecule has 0 bridgehead atoms. The first kappa shape index (κ1) is 16.8. The molecule has 1 aromatic carbocycles. The van der Waals surface area contributed by atoms with Crippen LogP contribution in [0.2, 0.25) is 0 Å². The largest absolute Gasteiger partial charge is 0.334 e. The lowest BCUT2D eigenvalue weighted by molar-refractivity contribution is -0.143. The number of amides is 5. The molecule has 0 spiro atoms. The number of fused-ring (bicyclic) bond motifs is 1. The van der Waals surface area contributed by atoms with Crippen LogP contribution in [0.25, 0.3) is 0 Å². The fourth-order valence-corrected chi connectivity index (χ4v) is 2.99. The van der Waals surface area contributed by atoms with Gasteiger partial charge in [0.25, 0.3) is 0 Å². The van der Waals surface area contributed by atoms with E-state index in [4.69, 9.17) is 0 Å². The van der Waals surface area contributed by atoms with Crippen LogP contribution in [0.1, 0.15) is 29.3 Å². The second kappa shape index (κ2) is 6.12. The minimum atomic E-state index is -0.983. The smallest absolute Gasteiger partial charge is 0.315 e. The minimum Gasteiger partial charge on any atom is -0.315 e. The van der Waals surface area contributed by atoms with E-state index in [1.807, 2.05) is 0 Å². The zero-order valence-corrected chi connectivity index (χ0v) is 13.9. The van der Waals surface area contributed by atoms with Crippen molar-refractivity contribution in [2.75, 3.05) is 25.0 Å². The average Bonchev–Trinajstić information content (AvgIpc) is 2.98. The molecule has 3 rings (SSSR count). The zero-order chi connectivity index (χ0) is 18.3. The molecule has 130 valence electrons. The molecule has 0 unspecified atom stereocenters. The number of ketones is 1. The Morgan fingerprint density at radius 3 is 2.44 bits per heavy atom. The van der Waals surface area contributed by atoms with Crippen LogP contribution < -0.4 is 4.90 Å². The summed E-state index contributed by atoms with van der Waals surface area (Å²) in [5.74, 6) is -2.41. The second-order valence-corrected chi connectivity index (χ2v) is 6.03. The fraction of sp³-hybridized carbons (Fsp3) is 0.353. The summed E-state index contributed by atoms with van der Waals surface area (Å²) >= 11 is 0. The van der Waals surface area contributed by atoms with Crippen LogP contribution in [0.15, 0.2) is 18.2 Å². The van der Waals surface area contributed by atoms with Crippen molar-refractivity contribution in [1.82, 2.24) is 9.80 Å². The summed E-state index contributed by atoms with van der Waals surface area (Å²) in [5, 5.41) is 0. The Morgan fingerprint density at radius 1 is 1.08 bits per heavy atom. The first-order valence-corrected chi connectivity index (χ1v) is 7.95. The molecular weight excluding hydrogens is 326 g/mol. The molecule has 1 aromatic rings. The molecule has 1 fully saturated rings. The third-order valence-corrected chi connectivity index (χ3v) is 4.36. The predicted molar refractivity (Wildman–Crippen MR) is 87.0 cm³/mol. The Kier molecular flexibility index (Phi) is 4.12. The molecule has 8 nitrogen and oxygen atoms in total. The summed E-state index contributed by atoms with van der Waals surface area (Å²) in [6.45, 7) is 1.43. The molecule has 0 saturated carbocycles. The molecular formula is C17H17N3O5. The van der Waals surface area contributed by atoms with E-state index >= 15 is 0 Å². The van der Waals surface area contributed by atoms with Gasteiger partial charge in [-0.1, -0.05) is 6.92 Å². The standard InChI is InChI=1S/C17H17N3O5/c1-3-6-19-15(23)16(24)20(17(19)25)9-13(21)10-4-5-12-11(7-10)8-14(22)18(12)2/h4-5,7H,3,6,8-9H2,1-2H3. The Balaban J connectivity index is 1.78. The highest BCUT2D eigenvalue weighted by molar-refractivity contribution is 6.45. The number of Topliss-reactive ketones (excluding diaryl/α,β-unsaturated/α-hetero) is 1. The van der Waals surface area contributed by atoms with Gasteiger partial charge in [-0.25, -0.2) is 9.69 Å². The van der Waals surface area contributed by atoms with Crippen molar-refractivity contribution in [3.8, 4) is 0 Å². The topological polar surface area (TPSA) is 95.1 Å². The first-order valence-electron chi connectivity index (χ1n) is 7.95. The number of carbonyl (C=O) groups excluding carboxylic acids is 5. The number of nitrogens with zero attached hydrogens (tertiary/aromatic N) is 3. The maximum atomic E-state index is 12.5. The monoisotopic (exact) mass is 343 g/mol. The maximum absolute atomic E-state index is 12.5. The van der Waals surface area contributed by atoms with E-state index in [-0.39, 0.29) is 18.9 Å². The highest BCUT2D eigenvalue weighted by Crippen LogP contribution is 2.28. The van der Waals surface area contributed by atoms with Crippen molar-refractivity contribution in [2.24, 2.45) is 0 Å². The number of carbonyl (C=O) groups is 5. The number of hydrogen-bond acceptors (Lipinski definition) is 5. The van der Waals surface area contributed by atoms with Crippen molar-refractivity contribution in [3.63, 3.8) is 0 Å². The summed E-state index contributed by atoms with van der Waals surface area (Å²) in [4.78, 5) is 63.1. The highest BCUT2D eigenvalue weighted by atomic mass is 16.2. The quantitative estimate of drug-likeness (QED) is 0.443. The lowest BCUT2D eigenvalue weighted by Crippen LogP contribution is -2.37. The summed E-state index contributed by atoms with van der Waals surface area (Å²) in [7, 11) is 1.66. The number of hydrogen-bond donors (Lipinski definition) is 0.